The molecule has 0 rings (SSSR count). The predicted molar refractivity (Wildman–Crippen MR) is 65.0 cm³/mol. The Hall–Kier alpha value is -0.540. The Morgan fingerprint density at radius 3 is 2.27 bits per heavy atom. The lowest BCUT2D eigenvalue weighted by molar-refractivity contribution is -0.123. The Labute approximate surface area is 97.5 Å². The molecule has 0 saturated carbocycles. The van der Waals surface area contributed by atoms with E-state index in [1.807, 2.05) is 32.6 Å². The van der Waals surface area contributed by atoms with Gasteiger partial charge in [0.15, 0.2) is 0 Å². The summed E-state index contributed by atoms with van der Waals surface area (Å²) in [5.41, 5.74) is -0.186. The maximum atomic E-state index is 11.6. The fourth-order valence-electron chi connectivity index (χ4n) is 1.18. The van der Waals surface area contributed by atoms with E-state index in [2.05, 4.69) is 11.9 Å². The summed E-state index contributed by atoms with van der Waals surface area (Å²) in [6, 6.07) is 0. The first kappa shape index (κ1) is 14.5. The van der Waals surface area contributed by atoms with Crippen LogP contribution in [0.25, 0.3) is 0 Å². The summed E-state index contributed by atoms with van der Waals surface area (Å²) in [7, 11) is 0. The highest BCUT2D eigenvalue weighted by molar-refractivity contribution is 6.29. The van der Waals surface area contributed by atoms with Gasteiger partial charge in [-0.15, -0.1) is 0 Å². The summed E-state index contributed by atoms with van der Waals surface area (Å²) in [6.45, 7) is 13.2. The summed E-state index contributed by atoms with van der Waals surface area (Å²) < 4.78 is 0. The van der Waals surface area contributed by atoms with Crippen molar-refractivity contribution in [1.29, 1.82) is 0 Å². The Morgan fingerprint density at radius 1 is 1.40 bits per heavy atom. The molecule has 88 valence electrons. The molecule has 0 radical (unpaired) electrons. The monoisotopic (exact) mass is 232 g/mol. The molecule has 3 nitrogen and oxygen atoms in total. The molecule has 0 atom stereocenters. The third-order valence-corrected chi connectivity index (χ3v) is 1.84. The van der Waals surface area contributed by atoms with Crippen LogP contribution in [0.2, 0.25) is 0 Å². The van der Waals surface area contributed by atoms with Crippen LogP contribution in [0.3, 0.4) is 0 Å². The second-order valence-corrected chi connectivity index (χ2v) is 5.15. The van der Waals surface area contributed by atoms with Gasteiger partial charge in [-0.05, 0) is 27.3 Å². The molecule has 15 heavy (non-hydrogen) atoms. The fourth-order valence-corrected chi connectivity index (χ4v) is 1.35. The van der Waals surface area contributed by atoms with Crippen molar-refractivity contribution < 1.29 is 4.79 Å². The largest absolute Gasteiger partial charge is 0.350 e. The van der Waals surface area contributed by atoms with Crippen LogP contribution in [0.1, 0.15) is 27.7 Å². The first-order chi connectivity index (χ1) is 6.74. The van der Waals surface area contributed by atoms with Crippen LogP contribution >= 0.6 is 11.6 Å². The van der Waals surface area contributed by atoms with Gasteiger partial charge >= 0.3 is 0 Å². The maximum absolute atomic E-state index is 11.6. The van der Waals surface area contributed by atoms with Crippen molar-refractivity contribution in [3.63, 3.8) is 0 Å². The Morgan fingerprint density at radius 2 is 1.93 bits per heavy atom. The smallest absolute Gasteiger partial charge is 0.234 e. The molecule has 0 unspecified atom stereocenters. The summed E-state index contributed by atoms with van der Waals surface area (Å²) in [6.07, 6.45) is 0. The van der Waals surface area contributed by atoms with E-state index in [4.69, 9.17) is 11.6 Å². The highest BCUT2D eigenvalue weighted by atomic mass is 35.5. The molecule has 1 amide bonds. The van der Waals surface area contributed by atoms with Crippen molar-refractivity contribution >= 4 is 17.5 Å². The zero-order valence-corrected chi connectivity index (χ0v) is 10.8. The molecule has 4 heteroatoms. The number of nitrogens with zero attached hydrogens (tertiary/aromatic N) is 1. The molecule has 0 heterocycles. The van der Waals surface area contributed by atoms with E-state index in [1.54, 1.807) is 0 Å². The normalized spacial score (nSPS) is 11.6. The van der Waals surface area contributed by atoms with E-state index in [9.17, 15) is 4.79 Å². The third-order valence-electron chi connectivity index (χ3n) is 1.72. The molecule has 0 aliphatic heterocycles. The topological polar surface area (TPSA) is 32.3 Å². The SMILES string of the molecule is C=C(Cl)CN(CC)CC(=O)NC(C)(C)C. The van der Waals surface area contributed by atoms with Crippen LogP contribution in [0, 0.1) is 0 Å². The van der Waals surface area contributed by atoms with Gasteiger partial charge in [0.2, 0.25) is 5.91 Å². The Bertz CT molecular complexity index is 233. The molecule has 0 aromatic heterocycles. The molecular weight excluding hydrogens is 212 g/mol. The van der Waals surface area contributed by atoms with Crippen molar-refractivity contribution in [2.45, 2.75) is 33.2 Å². The number of carbonyl (C=O) groups is 1. The van der Waals surface area contributed by atoms with Crippen LogP contribution < -0.4 is 5.32 Å². The molecule has 0 fully saturated rings. The molecule has 0 saturated heterocycles. The molecular formula is C11H21ClN2O. The summed E-state index contributed by atoms with van der Waals surface area (Å²) >= 11 is 5.70. The lowest BCUT2D eigenvalue weighted by atomic mass is 10.1. The fraction of sp³-hybridized carbons (Fsp3) is 0.727. The average Bonchev–Trinajstić information content (AvgIpc) is 1.98. The molecule has 0 aromatic rings. The highest BCUT2D eigenvalue weighted by Crippen LogP contribution is 2.02. The molecule has 0 aromatic carbocycles. The van der Waals surface area contributed by atoms with E-state index in [-0.39, 0.29) is 11.4 Å². The van der Waals surface area contributed by atoms with Crippen molar-refractivity contribution in [3.8, 4) is 0 Å². The van der Waals surface area contributed by atoms with Gasteiger partial charge in [0.05, 0.1) is 6.54 Å². The number of hydrogen-bond acceptors (Lipinski definition) is 2. The van der Waals surface area contributed by atoms with Gasteiger partial charge in [0, 0.05) is 17.1 Å². The highest BCUT2D eigenvalue weighted by Gasteiger charge is 2.15. The van der Waals surface area contributed by atoms with Crippen molar-refractivity contribution in [1.82, 2.24) is 10.2 Å². The van der Waals surface area contributed by atoms with Gasteiger partial charge in [-0.25, -0.2) is 0 Å². The van der Waals surface area contributed by atoms with Crippen molar-refractivity contribution in [2.75, 3.05) is 19.6 Å². The van der Waals surface area contributed by atoms with E-state index >= 15 is 0 Å². The molecule has 0 aliphatic carbocycles. The molecule has 0 bridgehead atoms. The number of halogens is 1. The third kappa shape index (κ3) is 8.45. The van der Waals surface area contributed by atoms with Crippen LogP contribution in [0.15, 0.2) is 11.6 Å². The number of nitrogens with one attached hydrogen (secondary N) is 1. The van der Waals surface area contributed by atoms with E-state index in [0.29, 0.717) is 18.1 Å². The number of rotatable bonds is 5. The van der Waals surface area contributed by atoms with Gasteiger partial charge < -0.3 is 5.32 Å². The van der Waals surface area contributed by atoms with Gasteiger partial charge in [-0.1, -0.05) is 25.1 Å². The number of likely N-dealkylation sites (N-methyl/N-ethyl adjacent to an activating group) is 1. The lowest BCUT2D eigenvalue weighted by Crippen LogP contribution is -2.46. The minimum Gasteiger partial charge on any atom is -0.350 e. The summed E-state index contributed by atoms with van der Waals surface area (Å²) in [5, 5.41) is 3.46. The quantitative estimate of drug-likeness (QED) is 0.786. The predicted octanol–water partition coefficient (Wildman–Crippen LogP) is 1.98. The average molecular weight is 233 g/mol. The Kier molecular flexibility index (Phi) is 5.91. The van der Waals surface area contributed by atoms with Gasteiger partial charge in [-0.3, -0.25) is 9.69 Å². The second-order valence-electron chi connectivity index (χ2n) is 4.62. The zero-order chi connectivity index (χ0) is 12.1. The van der Waals surface area contributed by atoms with Crippen molar-refractivity contribution in [3.05, 3.63) is 11.6 Å². The van der Waals surface area contributed by atoms with Gasteiger partial charge in [0.1, 0.15) is 0 Å². The standard InChI is InChI=1S/C11H21ClN2O/c1-6-14(7-9(2)12)8-10(15)13-11(3,4)5/h2,6-8H2,1,3-5H3,(H,13,15). The molecule has 1 N–H and O–H groups in total. The first-order valence-corrected chi connectivity index (χ1v) is 5.49. The van der Waals surface area contributed by atoms with Gasteiger partial charge in [-0.2, -0.15) is 0 Å². The maximum Gasteiger partial charge on any atom is 0.234 e. The first-order valence-electron chi connectivity index (χ1n) is 5.11. The minimum atomic E-state index is -0.186. The van der Waals surface area contributed by atoms with Crippen LogP contribution in [0.5, 0.6) is 0 Å². The zero-order valence-electron chi connectivity index (χ0n) is 10.1. The molecule has 0 spiro atoms. The lowest BCUT2D eigenvalue weighted by Gasteiger charge is -2.24. The molecule has 0 aliphatic rings. The minimum absolute atomic E-state index is 0.0160. The second kappa shape index (κ2) is 6.13. The van der Waals surface area contributed by atoms with Crippen LogP contribution in [0.4, 0.5) is 0 Å². The van der Waals surface area contributed by atoms with E-state index < -0.39 is 0 Å². The van der Waals surface area contributed by atoms with Crippen LogP contribution in [-0.4, -0.2) is 36.0 Å². The van der Waals surface area contributed by atoms with Crippen LogP contribution in [-0.2, 0) is 4.79 Å². The Balaban J connectivity index is 4.07. The van der Waals surface area contributed by atoms with E-state index in [1.165, 1.54) is 0 Å². The summed E-state index contributed by atoms with van der Waals surface area (Å²) in [4.78, 5) is 13.5. The number of amides is 1. The van der Waals surface area contributed by atoms with Gasteiger partial charge in [0.25, 0.3) is 0 Å². The number of carbonyl (C=O) groups excluding carboxylic acids is 1. The van der Waals surface area contributed by atoms with Crippen molar-refractivity contribution in [2.24, 2.45) is 0 Å². The number of hydrogen-bond donors (Lipinski definition) is 1. The summed E-state index contributed by atoms with van der Waals surface area (Å²) in [5.74, 6) is 0.0160. The van der Waals surface area contributed by atoms with E-state index in [0.717, 1.165) is 6.54 Å².